The van der Waals surface area contributed by atoms with Crippen LogP contribution in [-0.4, -0.2) is 14.1 Å². The minimum atomic E-state index is 0.105. The SMILES string of the molecule is c1ccc2c(c1)[nH]c1c(-c3ccc(C(n4cccc4)n4cccc4)cc3)cccc12. The first kappa shape index (κ1) is 16.9. The number of aromatic amines is 1. The van der Waals surface area contributed by atoms with E-state index in [0.717, 1.165) is 0 Å². The van der Waals surface area contributed by atoms with E-state index in [2.05, 4.69) is 130 Å². The van der Waals surface area contributed by atoms with Crippen LogP contribution in [0.1, 0.15) is 11.7 Å². The quantitative estimate of drug-likeness (QED) is 0.349. The fourth-order valence-electron chi connectivity index (χ4n) is 4.47. The van der Waals surface area contributed by atoms with E-state index in [0.29, 0.717) is 0 Å². The van der Waals surface area contributed by atoms with Crippen molar-refractivity contribution in [3.63, 3.8) is 0 Å². The standard InChI is InChI=1S/C27H21N3/c1-2-11-25-23(8-1)24-10-7-9-22(26(24)28-25)20-12-14-21(15-13-20)27(29-16-3-4-17-29)30-18-5-6-19-30/h1-19,27-28H. The Bertz CT molecular complexity index is 1390. The van der Waals surface area contributed by atoms with Crippen LogP contribution in [0.2, 0.25) is 0 Å². The third-order valence-corrected chi connectivity index (χ3v) is 5.88. The second-order valence-electron chi connectivity index (χ2n) is 7.65. The van der Waals surface area contributed by atoms with Gasteiger partial charge in [-0.2, -0.15) is 0 Å². The van der Waals surface area contributed by atoms with Crippen LogP contribution in [0, 0.1) is 0 Å². The molecule has 3 heteroatoms. The number of benzene rings is 3. The highest BCUT2D eigenvalue weighted by Crippen LogP contribution is 2.34. The van der Waals surface area contributed by atoms with Gasteiger partial charge in [0.05, 0.1) is 5.52 Å². The number of hydrogen-bond donors (Lipinski definition) is 1. The number of nitrogens with one attached hydrogen (secondary N) is 1. The summed E-state index contributed by atoms with van der Waals surface area (Å²) in [5.41, 5.74) is 6.06. The fraction of sp³-hybridized carbons (Fsp3) is 0.0370. The lowest BCUT2D eigenvalue weighted by molar-refractivity contribution is 0.507. The van der Waals surface area contributed by atoms with E-state index in [9.17, 15) is 0 Å². The predicted octanol–water partition coefficient (Wildman–Crippen LogP) is 6.69. The second-order valence-corrected chi connectivity index (χ2v) is 7.65. The Morgan fingerprint density at radius 1 is 0.567 bits per heavy atom. The largest absolute Gasteiger partial charge is 0.354 e. The Kier molecular flexibility index (Phi) is 3.85. The van der Waals surface area contributed by atoms with Crippen molar-refractivity contribution in [1.82, 2.24) is 14.1 Å². The van der Waals surface area contributed by atoms with E-state index in [1.165, 1.54) is 38.5 Å². The number of para-hydroxylation sites is 2. The molecule has 0 radical (unpaired) electrons. The third-order valence-electron chi connectivity index (χ3n) is 5.88. The summed E-state index contributed by atoms with van der Waals surface area (Å²) in [6.45, 7) is 0. The first-order valence-corrected chi connectivity index (χ1v) is 10.2. The van der Waals surface area contributed by atoms with Crippen molar-refractivity contribution in [3.8, 4) is 11.1 Å². The molecule has 0 aliphatic heterocycles. The zero-order valence-corrected chi connectivity index (χ0v) is 16.4. The Morgan fingerprint density at radius 3 is 1.90 bits per heavy atom. The Labute approximate surface area is 174 Å². The van der Waals surface area contributed by atoms with E-state index in [4.69, 9.17) is 0 Å². The summed E-state index contributed by atoms with van der Waals surface area (Å²) >= 11 is 0. The summed E-state index contributed by atoms with van der Waals surface area (Å²) in [6, 6.07) is 32.3. The Morgan fingerprint density at radius 2 is 1.20 bits per heavy atom. The maximum atomic E-state index is 3.62. The van der Waals surface area contributed by atoms with Gasteiger partial charge in [-0.3, -0.25) is 0 Å². The molecule has 0 unspecified atom stereocenters. The van der Waals surface area contributed by atoms with Gasteiger partial charge in [0.15, 0.2) is 0 Å². The molecule has 3 aromatic heterocycles. The molecular formula is C27H21N3. The van der Waals surface area contributed by atoms with Crippen molar-refractivity contribution in [2.45, 2.75) is 6.17 Å². The summed E-state index contributed by atoms with van der Waals surface area (Å²) in [5, 5.41) is 2.54. The van der Waals surface area contributed by atoms with Crippen molar-refractivity contribution >= 4 is 21.8 Å². The Hall–Kier alpha value is -3.98. The van der Waals surface area contributed by atoms with Crippen LogP contribution in [0.15, 0.2) is 116 Å². The van der Waals surface area contributed by atoms with Gasteiger partial charge in [0.2, 0.25) is 0 Å². The van der Waals surface area contributed by atoms with Crippen LogP contribution in [0.25, 0.3) is 32.9 Å². The normalized spacial score (nSPS) is 11.6. The number of rotatable bonds is 4. The molecule has 1 N–H and O–H groups in total. The molecule has 0 bridgehead atoms. The van der Waals surface area contributed by atoms with Crippen LogP contribution >= 0.6 is 0 Å². The number of fused-ring (bicyclic) bond motifs is 3. The lowest BCUT2D eigenvalue weighted by Gasteiger charge is -2.22. The van der Waals surface area contributed by atoms with E-state index in [-0.39, 0.29) is 6.17 Å². The maximum absolute atomic E-state index is 3.62. The molecule has 0 aliphatic rings. The van der Waals surface area contributed by atoms with Crippen molar-refractivity contribution in [2.24, 2.45) is 0 Å². The molecular weight excluding hydrogens is 366 g/mol. The van der Waals surface area contributed by atoms with Crippen LogP contribution < -0.4 is 0 Å². The van der Waals surface area contributed by atoms with Gasteiger partial charge in [-0.15, -0.1) is 0 Å². The zero-order chi connectivity index (χ0) is 19.9. The molecule has 6 aromatic rings. The van der Waals surface area contributed by atoms with E-state index in [1.54, 1.807) is 0 Å². The van der Waals surface area contributed by atoms with Crippen molar-refractivity contribution in [2.75, 3.05) is 0 Å². The summed E-state index contributed by atoms with van der Waals surface area (Å²) in [5.74, 6) is 0. The number of H-pyrrole nitrogens is 1. The predicted molar refractivity (Wildman–Crippen MR) is 124 cm³/mol. The third kappa shape index (κ3) is 2.67. The summed E-state index contributed by atoms with van der Waals surface area (Å²) in [6.07, 6.45) is 8.56. The lowest BCUT2D eigenvalue weighted by Crippen LogP contribution is -2.16. The van der Waals surface area contributed by atoms with Crippen molar-refractivity contribution in [1.29, 1.82) is 0 Å². The molecule has 3 nitrogen and oxygen atoms in total. The average Bonchev–Trinajstić information content (AvgIpc) is 3.56. The van der Waals surface area contributed by atoms with Crippen molar-refractivity contribution in [3.05, 3.63) is 121 Å². The summed E-state index contributed by atoms with van der Waals surface area (Å²) < 4.78 is 4.46. The molecule has 30 heavy (non-hydrogen) atoms. The molecule has 0 aliphatic carbocycles. The van der Waals surface area contributed by atoms with Gasteiger partial charge >= 0.3 is 0 Å². The highest BCUT2D eigenvalue weighted by Gasteiger charge is 2.15. The molecule has 0 spiro atoms. The lowest BCUT2D eigenvalue weighted by atomic mass is 10.00. The van der Waals surface area contributed by atoms with Crippen LogP contribution in [-0.2, 0) is 0 Å². The summed E-state index contributed by atoms with van der Waals surface area (Å²) in [4.78, 5) is 3.62. The molecule has 0 amide bonds. The molecule has 0 saturated carbocycles. The average molecular weight is 387 g/mol. The smallest absolute Gasteiger partial charge is 0.135 e. The summed E-state index contributed by atoms with van der Waals surface area (Å²) in [7, 11) is 0. The Balaban J connectivity index is 1.46. The molecule has 6 rings (SSSR count). The van der Waals surface area contributed by atoms with Crippen LogP contribution in [0.3, 0.4) is 0 Å². The van der Waals surface area contributed by atoms with Gasteiger partial charge in [-0.25, -0.2) is 0 Å². The molecule has 3 heterocycles. The minimum Gasteiger partial charge on any atom is -0.354 e. The van der Waals surface area contributed by atoms with E-state index in [1.807, 2.05) is 0 Å². The number of aromatic nitrogens is 3. The highest BCUT2D eigenvalue weighted by atomic mass is 15.2. The monoisotopic (exact) mass is 387 g/mol. The van der Waals surface area contributed by atoms with Gasteiger partial charge in [-0.05, 0) is 41.5 Å². The minimum absolute atomic E-state index is 0.105. The van der Waals surface area contributed by atoms with Gasteiger partial charge in [-0.1, -0.05) is 60.7 Å². The molecule has 144 valence electrons. The van der Waals surface area contributed by atoms with Gasteiger partial charge < -0.3 is 14.1 Å². The molecule has 0 fully saturated rings. The molecule has 3 aromatic carbocycles. The highest BCUT2D eigenvalue weighted by molar-refractivity contribution is 6.11. The molecule has 0 atom stereocenters. The van der Waals surface area contributed by atoms with Gasteiger partial charge in [0.25, 0.3) is 0 Å². The van der Waals surface area contributed by atoms with Gasteiger partial charge in [0, 0.05) is 46.6 Å². The first-order chi connectivity index (χ1) is 14.9. The second kappa shape index (κ2) is 6.82. The topological polar surface area (TPSA) is 25.6 Å². The maximum Gasteiger partial charge on any atom is 0.135 e. The zero-order valence-electron chi connectivity index (χ0n) is 16.4. The number of nitrogens with zero attached hydrogens (tertiary/aromatic N) is 2. The van der Waals surface area contributed by atoms with E-state index < -0.39 is 0 Å². The number of hydrogen-bond acceptors (Lipinski definition) is 0. The van der Waals surface area contributed by atoms with Crippen LogP contribution in [0.4, 0.5) is 0 Å². The van der Waals surface area contributed by atoms with Crippen molar-refractivity contribution < 1.29 is 0 Å². The molecule has 0 saturated heterocycles. The van der Waals surface area contributed by atoms with Crippen LogP contribution in [0.5, 0.6) is 0 Å². The first-order valence-electron chi connectivity index (χ1n) is 10.2. The fourth-order valence-corrected chi connectivity index (χ4v) is 4.47. The van der Waals surface area contributed by atoms with Gasteiger partial charge in [0.1, 0.15) is 6.17 Å². The van der Waals surface area contributed by atoms with E-state index >= 15 is 0 Å².